The monoisotopic (exact) mass is 264 g/mol. The molecule has 0 bridgehead atoms. The van der Waals surface area contributed by atoms with Crippen LogP contribution in [0.5, 0.6) is 0 Å². The molecule has 0 radical (unpaired) electrons. The molecule has 1 aliphatic heterocycles. The first kappa shape index (κ1) is 13.8. The third-order valence-electron chi connectivity index (χ3n) is 3.58. The average Bonchev–Trinajstić information content (AvgIpc) is 2.63. The third kappa shape index (κ3) is 3.68. The molecule has 0 fully saturated rings. The van der Waals surface area contributed by atoms with E-state index in [0.717, 1.165) is 31.0 Å². The second-order valence-electron chi connectivity index (χ2n) is 5.15. The minimum Gasteiger partial charge on any atom is -0.370 e. The maximum absolute atomic E-state index is 5.86. The number of aromatic nitrogens is 3. The van der Waals surface area contributed by atoms with Crippen LogP contribution in [0.4, 0.5) is 0 Å². The molecule has 0 spiro atoms. The number of hydrogen-bond acceptors (Lipinski definition) is 3. The number of hydrogen-bond donors (Lipinski definition) is 2. The summed E-state index contributed by atoms with van der Waals surface area (Å²) in [5.41, 5.74) is 5.86. The Morgan fingerprint density at radius 1 is 1.42 bits per heavy atom. The van der Waals surface area contributed by atoms with Crippen LogP contribution >= 0.6 is 0 Å². The van der Waals surface area contributed by atoms with Gasteiger partial charge < -0.3 is 15.6 Å². The summed E-state index contributed by atoms with van der Waals surface area (Å²) < 4.78 is 2.20. The minimum absolute atomic E-state index is 0.347. The highest BCUT2D eigenvalue weighted by molar-refractivity contribution is 5.78. The predicted octanol–water partition coefficient (Wildman–Crippen LogP) is 1.21. The minimum atomic E-state index is 0.347. The number of guanidine groups is 1. The Morgan fingerprint density at radius 2 is 2.26 bits per heavy atom. The van der Waals surface area contributed by atoms with Gasteiger partial charge in [-0.2, -0.15) is 0 Å². The molecule has 3 N–H and O–H groups in total. The second kappa shape index (κ2) is 6.54. The van der Waals surface area contributed by atoms with Crippen LogP contribution in [-0.2, 0) is 19.5 Å². The summed E-state index contributed by atoms with van der Waals surface area (Å²) >= 11 is 0. The molecule has 19 heavy (non-hydrogen) atoms. The fourth-order valence-electron chi connectivity index (χ4n) is 2.22. The second-order valence-corrected chi connectivity index (χ2v) is 5.15. The molecule has 0 amide bonds. The zero-order chi connectivity index (χ0) is 13.7. The molecule has 6 nitrogen and oxygen atoms in total. The largest absolute Gasteiger partial charge is 0.370 e. The highest BCUT2D eigenvalue weighted by Crippen LogP contribution is 2.14. The Labute approximate surface area is 114 Å². The molecule has 2 heterocycles. The molecule has 1 unspecified atom stereocenters. The van der Waals surface area contributed by atoms with Gasteiger partial charge in [0.05, 0.1) is 0 Å². The summed E-state index contributed by atoms with van der Waals surface area (Å²) in [5.74, 6) is 2.50. The molecule has 6 heteroatoms. The van der Waals surface area contributed by atoms with Crippen molar-refractivity contribution < 1.29 is 0 Å². The molecule has 1 aromatic heterocycles. The molecular weight excluding hydrogens is 240 g/mol. The van der Waals surface area contributed by atoms with E-state index in [1.807, 2.05) is 0 Å². The Balaban J connectivity index is 1.99. The van der Waals surface area contributed by atoms with Crippen LogP contribution in [0.15, 0.2) is 4.99 Å². The van der Waals surface area contributed by atoms with Crippen LogP contribution in [0.1, 0.15) is 51.2 Å². The van der Waals surface area contributed by atoms with Crippen molar-refractivity contribution in [2.24, 2.45) is 10.7 Å². The lowest BCUT2D eigenvalue weighted by atomic mass is 10.2. The van der Waals surface area contributed by atoms with Crippen molar-refractivity contribution in [1.29, 1.82) is 0 Å². The Kier molecular flexibility index (Phi) is 4.76. The molecule has 0 aromatic carbocycles. The van der Waals surface area contributed by atoms with Gasteiger partial charge in [-0.15, -0.1) is 10.2 Å². The van der Waals surface area contributed by atoms with Crippen molar-refractivity contribution in [3.63, 3.8) is 0 Å². The summed E-state index contributed by atoms with van der Waals surface area (Å²) in [6, 6.07) is 0.347. The van der Waals surface area contributed by atoms with E-state index < -0.39 is 0 Å². The summed E-state index contributed by atoms with van der Waals surface area (Å²) in [6.45, 7) is 5.71. The van der Waals surface area contributed by atoms with Crippen LogP contribution in [0.3, 0.4) is 0 Å². The van der Waals surface area contributed by atoms with E-state index >= 15 is 0 Å². The van der Waals surface area contributed by atoms with Crippen LogP contribution in [0.25, 0.3) is 0 Å². The number of nitrogens with two attached hydrogens (primary N) is 1. The smallest absolute Gasteiger partial charge is 0.189 e. The van der Waals surface area contributed by atoms with Gasteiger partial charge in [-0.1, -0.05) is 13.3 Å². The van der Waals surface area contributed by atoms with Gasteiger partial charge in [0.25, 0.3) is 0 Å². The summed E-state index contributed by atoms with van der Waals surface area (Å²) in [5, 5.41) is 11.6. The summed E-state index contributed by atoms with van der Waals surface area (Å²) in [7, 11) is 0. The lowest BCUT2D eigenvalue weighted by Crippen LogP contribution is -2.38. The van der Waals surface area contributed by atoms with Gasteiger partial charge in [0.1, 0.15) is 12.4 Å². The van der Waals surface area contributed by atoms with Gasteiger partial charge in [-0.25, -0.2) is 4.99 Å². The standard InChI is InChI=1S/C13H24N6/c1-3-10(2)16-13(14)15-9-12-18-17-11-7-5-4-6-8-19(11)12/h10H,3-9H2,1-2H3,(H3,14,15,16). The van der Waals surface area contributed by atoms with Gasteiger partial charge in [-0.3, -0.25) is 0 Å². The van der Waals surface area contributed by atoms with E-state index in [9.17, 15) is 0 Å². The first-order valence-electron chi connectivity index (χ1n) is 7.18. The Bertz CT molecular complexity index is 436. The van der Waals surface area contributed by atoms with Crippen LogP contribution in [-0.4, -0.2) is 26.8 Å². The SMILES string of the molecule is CCC(C)NC(N)=NCc1nnc2n1CCCCC2. The maximum atomic E-state index is 5.86. The number of rotatable bonds is 4. The van der Waals surface area contributed by atoms with E-state index in [4.69, 9.17) is 5.73 Å². The van der Waals surface area contributed by atoms with Crippen LogP contribution in [0, 0.1) is 0 Å². The topological polar surface area (TPSA) is 81.1 Å². The zero-order valence-electron chi connectivity index (χ0n) is 11.9. The van der Waals surface area contributed by atoms with Gasteiger partial charge in [-0.05, 0) is 26.2 Å². The Morgan fingerprint density at radius 3 is 3.05 bits per heavy atom. The molecule has 1 aliphatic rings. The van der Waals surface area contributed by atoms with E-state index in [1.165, 1.54) is 19.3 Å². The highest BCUT2D eigenvalue weighted by atomic mass is 15.3. The zero-order valence-corrected chi connectivity index (χ0v) is 11.9. The number of aryl methyl sites for hydroxylation is 1. The average molecular weight is 264 g/mol. The van der Waals surface area contributed by atoms with Crippen molar-refractivity contribution in [2.75, 3.05) is 0 Å². The van der Waals surface area contributed by atoms with E-state index in [0.29, 0.717) is 18.5 Å². The van der Waals surface area contributed by atoms with E-state index in [1.54, 1.807) is 0 Å². The van der Waals surface area contributed by atoms with Crippen molar-refractivity contribution in [3.05, 3.63) is 11.6 Å². The van der Waals surface area contributed by atoms with Crippen molar-refractivity contribution in [2.45, 2.75) is 65.1 Å². The normalized spacial score (nSPS) is 17.7. The summed E-state index contributed by atoms with van der Waals surface area (Å²) in [6.07, 6.45) is 5.72. The molecule has 106 valence electrons. The van der Waals surface area contributed by atoms with E-state index in [-0.39, 0.29) is 0 Å². The number of nitrogens with zero attached hydrogens (tertiary/aromatic N) is 4. The molecule has 0 saturated carbocycles. The van der Waals surface area contributed by atoms with Crippen molar-refractivity contribution >= 4 is 5.96 Å². The van der Waals surface area contributed by atoms with Crippen LogP contribution in [0.2, 0.25) is 0 Å². The number of nitrogens with one attached hydrogen (secondary N) is 1. The first-order chi connectivity index (χ1) is 9.20. The van der Waals surface area contributed by atoms with E-state index in [2.05, 4.69) is 38.9 Å². The molecular formula is C13H24N6. The van der Waals surface area contributed by atoms with Gasteiger partial charge in [0, 0.05) is 19.0 Å². The van der Waals surface area contributed by atoms with Crippen LogP contribution < -0.4 is 11.1 Å². The Hall–Kier alpha value is -1.59. The van der Waals surface area contributed by atoms with Crippen molar-refractivity contribution in [3.8, 4) is 0 Å². The van der Waals surface area contributed by atoms with Gasteiger partial charge in [0.15, 0.2) is 11.8 Å². The third-order valence-corrected chi connectivity index (χ3v) is 3.58. The number of aliphatic imine (C=N–C) groups is 1. The molecule has 1 atom stereocenters. The number of fused-ring (bicyclic) bond motifs is 1. The molecule has 0 aliphatic carbocycles. The fraction of sp³-hybridized carbons (Fsp3) is 0.769. The molecule has 2 rings (SSSR count). The predicted molar refractivity (Wildman–Crippen MR) is 75.8 cm³/mol. The lowest BCUT2D eigenvalue weighted by Gasteiger charge is -2.11. The first-order valence-corrected chi connectivity index (χ1v) is 7.18. The molecule has 1 aromatic rings. The van der Waals surface area contributed by atoms with Crippen molar-refractivity contribution in [1.82, 2.24) is 20.1 Å². The van der Waals surface area contributed by atoms with Gasteiger partial charge >= 0.3 is 0 Å². The maximum Gasteiger partial charge on any atom is 0.189 e. The molecule has 0 saturated heterocycles. The fourth-order valence-corrected chi connectivity index (χ4v) is 2.22. The van der Waals surface area contributed by atoms with Gasteiger partial charge in [0.2, 0.25) is 0 Å². The highest BCUT2D eigenvalue weighted by Gasteiger charge is 2.14. The summed E-state index contributed by atoms with van der Waals surface area (Å²) in [4.78, 5) is 4.35. The quantitative estimate of drug-likeness (QED) is 0.632. The lowest BCUT2D eigenvalue weighted by molar-refractivity contribution is 0.603.